The number of aryl methyl sites for hydroxylation is 1. The summed E-state index contributed by atoms with van der Waals surface area (Å²) in [5, 5.41) is 6.27. The van der Waals surface area contributed by atoms with Gasteiger partial charge in [0, 0.05) is 35.2 Å². The van der Waals surface area contributed by atoms with Crippen molar-refractivity contribution in [3.05, 3.63) is 76.1 Å². The van der Waals surface area contributed by atoms with Crippen LogP contribution in [0.5, 0.6) is 11.5 Å². The van der Waals surface area contributed by atoms with E-state index in [4.69, 9.17) is 21.1 Å². The molecule has 7 nitrogen and oxygen atoms in total. The van der Waals surface area contributed by atoms with Crippen molar-refractivity contribution in [2.75, 3.05) is 20.3 Å². The van der Waals surface area contributed by atoms with E-state index in [9.17, 15) is 9.59 Å². The van der Waals surface area contributed by atoms with Crippen molar-refractivity contribution in [3.63, 3.8) is 0 Å². The number of amides is 2. The Balaban J connectivity index is 1.70. The van der Waals surface area contributed by atoms with Gasteiger partial charge in [0.05, 0.1) is 12.7 Å². The van der Waals surface area contributed by atoms with Crippen molar-refractivity contribution in [2.24, 2.45) is 0 Å². The molecule has 3 aromatic rings. The van der Waals surface area contributed by atoms with E-state index >= 15 is 0 Å². The summed E-state index contributed by atoms with van der Waals surface area (Å²) >= 11 is 6.14. The number of likely N-dealkylation sites (N-methyl/N-ethyl adjacent to an activating group) is 1. The van der Waals surface area contributed by atoms with Gasteiger partial charge >= 0.3 is 0 Å². The van der Waals surface area contributed by atoms with E-state index in [-0.39, 0.29) is 18.4 Å². The Morgan fingerprint density at radius 2 is 1.82 bits per heavy atom. The molecule has 0 aliphatic rings. The second-order valence-corrected chi connectivity index (χ2v) is 7.95. The number of rotatable bonds is 9. The monoisotopic (exact) mass is 469 g/mol. The van der Waals surface area contributed by atoms with Crippen LogP contribution in [0.1, 0.15) is 34.2 Å². The Kier molecular flexibility index (Phi) is 8.01. The first-order valence-electron chi connectivity index (χ1n) is 10.6. The molecule has 0 aliphatic heterocycles. The molecule has 0 fully saturated rings. The zero-order valence-electron chi connectivity index (χ0n) is 19.2. The second-order valence-electron chi connectivity index (χ2n) is 7.51. The van der Waals surface area contributed by atoms with Crippen LogP contribution in [0.4, 0.5) is 0 Å². The lowest BCUT2D eigenvalue weighted by atomic mass is 10.2. The number of carbonyl (C=O) groups is 2. The average Bonchev–Trinajstić information content (AvgIpc) is 3.10. The van der Waals surface area contributed by atoms with Gasteiger partial charge in [-0.25, -0.2) is 0 Å². The SMILES string of the molecule is CCNC(=O)COc1ccc(CNC(=O)c2cc(C)n(-c3cccc(Cl)c3)c2C)cc1OC. The fraction of sp³-hybridized carbons (Fsp3) is 0.280. The van der Waals surface area contributed by atoms with Crippen molar-refractivity contribution in [1.29, 1.82) is 0 Å². The molecule has 1 heterocycles. The summed E-state index contributed by atoms with van der Waals surface area (Å²) in [6, 6.07) is 14.7. The van der Waals surface area contributed by atoms with Gasteiger partial charge in [-0.05, 0) is 62.7 Å². The minimum atomic E-state index is -0.203. The minimum absolute atomic E-state index is 0.0947. The average molecular weight is 470 g/mol. The van der Waals surface area contributed by atoms with Crippen molar-refractivity contribution in [1.82, 2.24) is 15.2 Å². The summed E-state index contributed by atoms with van der Waals surface area (Å²) in [5.41, 5.74) is 4.12. The zero-order chi connectivity index (χ0) is 24.0. The summed E-state index contributed by atoms with van der Waals surface area (Å²) in [4.78, 5) is 24.5. The zero-order valence-corrected chi connectivity index (χ0v) is 20.0. The molecule has 0 aliphatic carbocycles. The highest BCUT2D eigenvalue weighted by atomic mass is 35.5. The standard InChI is InChI=1S/C25H28ClN3O4/c1-5-27-24(30)15-33-22-10-9-18(12-23(22)32-4)14-28-25(31)21-11-16(2)29(17(21)3)20-8-6-7-19(26)13-20/h6-13H,5,14-15H2,1-4H3,(H,27,30)(H,28,31). The smallest absolute Gasteiger partial charge is 0.257 e. The van der Waals surface area contributed by atoms with E-state index in [1.807, 2.05) is 61.7 Å². The third kappa shape index (κ3) is 5.87. The number of hydrogen-bond donors (Lipinski definition) is 2. The third-order valence-corrected chi connectivity index (χ3v) is 5.39. The quantitative estimate of drug-likeness (QED) is 0.492. The lowest BCUT2D eigenvalue weighted by Crippen LogP contribution is -2.28. The molecule has 33 heavy (non-hydrogen) atoms. The summed E-state index contributed by atoms with van der Waals surface area (Å²) in [7, 11) is 1.53. The number of benzene rings is 2. The van der Waals surface area contributed by atoms with Gasteiger partial charge in [-0.3, -0.25) is 9.59 Å². The van der Waals surface area contributed by atoms with Crippen LogP contribution in [0.3, 0.4) is 0 Å². The van der Waals surface area contributed by atoms with Gasteiger partial charge in [-0.15, -0.1) is 0 Å². The molecule has 0 unspecified atom stereocenters. The maximum atomic E-state index is 12.9. The number of methoxy groups -OCH3 is 1. The molecule has 1 aromatic heterocycles. The highest BCUT2D eigenvalue weighted by Gasteiger charge is 2.17. The third-order valence-electron chi connectivity index (χ3n) is 5.16. The highest BCUT2D eigenvalue weighted by Crippen LogP contribution is 2.28. The number of nitrogens with one attached hydrogen (secondary N) is 2. The van der Waals surface area contributed by atoms with Crippen molar-refractivity contribution in [2.45, 2.75) is 27.3 Å². The molecule has 0 spiro atoms. The largest absolute Gasteiger partial charge is 0.493 e. The number of nitrogens with zero attached hydrogens (tertiary/aromatic N) is 1. The molecule has 0 atom stereocenters. The Bertz CT molecular complexity index is 1160. The van der Waals surface area contributed by atoms with Gasteiger partial charge in [-0.1, -0.05) is 23.7 Å². The molecule has 0 bridgehead atoms. The molecule has 2 aromatic carbocycles. The van der Waals surface area contributed by atoms with Gasteiger partial charge in [0.2, 0.25) is 0 Å². The lowest BCUT2D eigenvalue weighted by molar-refractivity contribution is -0.123. The van der Waals surface area contributed by atoms with Crippen LogP contribution >= 0.6 is 11.6 Å². The molecule has 2 N–H and O–H groups in total. The molecule has 0 saturated carbocycles. The van der Waals surface area contributed by atoms with Crippen LogP contribution in [-0.2, 0) is 11.3 Å². The second kappa shape index (κ2) is 10.9. The van der Waals surface area contributed by atoms with Gasteiger partial charge < -0.3 is 24.7 Å². The van der Waals surface area contributed by atoms with Gasteiger partial charge in [0.1, 0.15) is 0 Å². The molecule has 8 heteroatoms. The van der Waals surface area contributed by atoms with Crippen LogP contribution in [0.2, 0.25) is 5.02 Å². The number of halogens is 1. The van der Waals surface area contributed by atoms with E-state index in [1.165, 1.54) is 7.11 Å². The maximum Gasteiger partial charge on any atom is 0.257 e. The first-order chi connectivity index (χ1) is 15.8. The highest BCUT2D eigenvalue weighted by molar-refractivity contribution is 6.30. The van der Waals surface area contributed by atoms with Gasteiger partial charge in [0.25, 0.3) is 11.8 Å². The van der Waals surface area contributed by atoms with Crippen molar-refractivity contribution < 1.29 is 19.1 Å². The summed E-state index contributed by atoms with van der Waals surface area (Å²) in [5.74, 6) is 0.576. The number of aromatic nitrogens is 1. The topological polar surface area (TPSA) is 81.6 Å². The van der Waals surface area contributed by atoms with Crippen LogP contribution in [0.25, 0.3) is 5.69 Å². The molecule has 174 valence electrons. The molecule has 0 saturated heterocycles. The van der Waals surface area contributed by atoms with Crippen LogP contribution in [-0.4, -0.2) is 36.6 Å². The fourth-order valence-corrected chi connectivity index (χ4v) is 3.80. The molecular formula is C25H28ClN3O4. The van der Waals surface area contributed by atoms with Crippen LogP contribution < -0.4 is 20.1 Å². The summed E-state index contributed by atoms with van der Waals surface area (Å²) in [6.07, 6.45) is 0. The van der Waals surface area contributed by atoms with Gasteiger partial charge in [-0.2, -0.15) is 0 Å². The van der Waals surface area contributed by atoms with E-state index in [0.717, 1.165) is 22.6 Å². The predicted octanol–water partition coefficient (Wildman–Crippen LogP) is 4.20. The Morgan fingerprint density at radius 1 is 1.03 bits per heavy atom. The lowest BCUT2D eigenvalue weighted by Gasteiger charge is -2.13. The molecule has 3 rings (SSSR count). The van der Waals surface area contributed by atoms with Gasteiger partial charge in [0.15, 0.2) is 18.1 Å². The first-order valence-corrected chi connectivity index (χ1v) is 11.0. The molecule has 0 radical (unpaired) electrons. The number of carbonyl (C=O) groups excluding carboxylic acids is 2. The predicted molar refractivity (Wildman–Crippen MR) is 129 cm³/mol. The minimum Gasteiger partial charge on any atom is -0.493 e. The summed E-state index contributed by atoms with van der Waals surface area (Å²) < 4.78 is 12.9. The Morgan fingerprint density at radius 3 is 2.52 bits per heavy atom. The van der Waals surface area contributed by atoms with E-state index in [0.29, 0.717) is 35.2 Å². The fourth-order valence-electron chi connectivity index (χ4n) is 3.62. The molecular weight excluding hydrogens is 442 g/mol. The maximum absolute atomic E-state index is 12.9. The van der Waals surface area contributed by atoms with Crippen molar-refractivity contribution in [3.8, 4) is 17.2 Å². The van der Waals surface area contributed by atoms with E-state index in [2.05, 4.69) is 10.6 Å². The Labute approximate surface area is 198 Å². The summed E-state index contributed by atoms with van der Waals surface area (Å²) in [6.45, 7) is 6.47. The van der Waals surface area contributed by atoms with Crippen molar-refractivity contribution >= 4 is 23.4 Å². The number of hydrogen-bond acceptors (Lipinski definition) is 4. The normalized spacial score (nSPS) is 10.6. The van der Waals surface area contributed by atoms with Crippen LogP contribution in [0, 0.1) is 13.8 Å². The first kappa shape index (κ1) is 24.2. The van der Waals surface area contributed by atoms with E-state index < -0.39 is 0 Å². The van der Waals surface area contributed by atoms with Crippen LogP contribution in [0.15, 0.2) is 48.5 Å². The van der Waals surface area contributed by atoms with E-state index in [1.54, 1.807) is 12.1 Å². The Hall–Kier alpha value is -3.45. The number of ether oxygens (including phenoxy) is 2. The molecule has 2 amide bonds.